The Balaban J connectivity index is 3.30. The van der Waals surface area contributed by atoms with E-state index in [-0.39, 0.29) is 11.3 Å². The fourth-order valence-corrected chi connectivity index (χ4v) is 3.00. The summed E-state index contributed by atoms with van der Waals surface area (Å²) in [6, 6.07) is 2.41. The molecule has 0 heterocycles. The van der Waals surface area contributed by atoms with Gasteiger partial charge in [0.05, 0.1) is 12.1 Å². The predicted octanol–water partition coefficient (Wildman–Crippen LogP) is 0.766. The standard InChI is InChI=1S/C11H17FN2O3S/c1-7-4-8(13)5-9(10(7)12)18(16,17)14-11(2,3)6-15/h4-5,14-15H,6,13H2,1-3H3. The molecule has 0 unspecified atom stereocenters. The molecular formula is C11H17FN2O3S. The number of rotatable bonds is 4. The lowest BCUT2D eigenvalue weighted by Gasteiger charge is -2.23. The van der Waals surface area contributed by atoms with E-state index in [9.17, 15) is 12.8 Å². The SMILES string of the molecule is Cc1cc(N)cc(S(=O)(=O)NC(C)(C)CO)c1F. The van der Waals surface area contributed by atoms with Crippen LogP contribution in [-0.2, 0) is 10.0 Å². The van der Waals surface area contributed by atoms with Gasteiger partial charge in [0.2, 0.25) is 10.0 Å². The maximum absolute atomic E-state index is 13.8. The molecule has 0 amide bonds. The van der Waals surface area contributed by atoms with Crippen LogP contribution in [-0.4, -0.2) is 25.7 Å². The van der Waals surface area contributed by atoms with Gasteiger partial charge >= 0.3 is 0 Å². The van der Waals surface area contributed by atoms with Crippen LogP contribution in [0.15, 0.2) is 17.0 Å². The van der Waals surface area contributed by atoms with E-state index < -0.39 is 32.9 Å². The minimum atomic E-state index is -4.07. The van der Waals surface area contributed by atoms with Crippen molar-refractivity contribution in [2.75, 3.05) is 12.3 Å². The minimum absolute atomic E-state index is 0.150. The molecular weight excluding hydrogens is 259 g/mol. The Morgan fingerprint density at radius 3 is 2.50 bits per heavy atom. The summed E-state index contributed by atoms with van der Waals surface area (Å²) in [4.78, 5) is -0.512. The number of anilines is 1. The number of aryl methyl sites for hydroxylation is 1. The molecule has 0 saturated carbocycles. The second-order valence-corrected chi connectivity index (χ2v) is 6.45. The Bertz CT molecular complexity index is 556. The van der Waals surface area contributed by atoms with Crippen molar-refractivity contribution in [3.63, 3.8) is 0 Å². The predicted molar refractivity (Wildman–Crippen MR) is 67.0 cm³/mol. The quantitative estimate of drug-likeness (QED) is 0.708. The number of aliphatic hydroxyl groups is 1. The number of nitrogens with two attached hydrogens (primary N) is 1. The number of halogens is 1. The molecule has 5 nitrogen and oxygen atoms in total. The van der Waals surface area contributed by atoms with E-state index in [2.05, 4.69) is 4.72 Å². The van der Waals surface area contributed by atoms with Gasteiger partial charge in [0.25, 0.3) is 0 Å². The van der Waals surface area contributed by atoms with Gasteiger partial charge in [-0.15, -0.1) is 0 Å². The van der Waals surface area contributed by atoms with Crippen molar-refractivity contribution in [2.24, 2.45) is 0 Å². The molecule has 7 heteroatoms. The largest absolute Gasteiger partial charge is 0.399 e. The van der Waals surface area contributed by atoms with Crippen molar-refractivity contribution in [2.45, 2.75) is 31.2 Å². The molecule has 0 fully saturated rings. The summed E-state index contributed by atoms with van der Waals surface area (Å²) in [5.74, 6) is -0.842. The van der Waals surface area contributed by atoms with Crippen LogP contribution in [0.5, 0.6) is 0 Å². The molecule has 0 radical (unpaired) electrons. The van der Waals surface area contributed by atoms with Gasteiger partial charge in [0.1, 0.15) is 10.7 Å². The van der Waals surface area contributed by atoms with E-state index in [0.717, 1.165) is 6.07 Å². The highest BCUT2D eigenvalue weighted by Crippen LogP contribution is 2.22. The topological polar surface area (TPSA) is 92.4 Å². The van der Waals surface area contributed by atoms with Crippen LogP contribution in [0.2, 0.25) is 0 Å². The molecule has 0 aromatic heterocycles. The van der Waals surface area contributed by atoms with E-state index in [0.29, 0.717) is 0 Å². The summed E-state index contributed by atoms with van der Waals surface area (Å²) in [5, 5.41) is 9.04. The number of hydrogen-bond acceptors (Lipinski definition) is 4. The Hall–Kier alpha value is -1.18. The van der Waals surface area contributed by atoms with Crippen molar-refractivity contribution in [1.82, 2.24) is 4.72 Å². The first-order valence-electron chi connectivity index (χ1n) is 5.29. The minimum Gasteiger partial charge on any atom is -0.399 e. The molecule has 102 valence electrons. The molecule has 1 aromatic rings. The Morgan fingerprint density at radius 2 is 2.00 bits per heavy atom. The second-order valence-electron chi connectivity index (χ2n) is 4.80. The summed E-state index contributed by atoms with van der Waals surface area (Å²) in [6.45, 7) is 4.00. The summed E-state index contributed by atoms with van der Waals surface area (Å²) >= 11 is 0. The van der Waals surface area contributed by atoms with Crippen molar-refractivity contribution >= 4 is 15.7 Å². The average Bonchev–Trinajstić information content (AvgIpc) is 2.21. The number of benzene rings is 1. The van der Waals surface area contributed by atoms with Crippen LogP contribution < -0.4 is 10.5 Å². The molecule has 0 bridgehead atoms. The molecule has 0 aliphatic heterocycles. The van der Waals surface area contributed by atoms with Gasteiger partial charge in [0, 0.05) is 5.69 Å². The van der Waals surface area contributed by atoms with Crippen LogP contribution in [0, 0.1) is 12.7 Å². The lowest BCUT2D eigenvalue weighted by Crippen LogP contribution is -2.46. The molecule has 1 aromatic carbocycles. The Morgan fingerprint density at radius 1 is 1.44 bits per heavy atom. The van der Waals surface area contributed by atoms with E-state index >= 15 is 0 Å². The highest BCUT2D eigenvalue weighted by Gasteiger charge is 2.28. The van der Waals surface area contributed by atoms with Crippen LogP contribution in [0.1, 0.15) is 19.4 Å². The molecule has 0 aliphatic carbocycles. The van der Waals surface area contributed by atoms with Crippen LogP contribution in [0.4, 0.5) is 10.1 Å². The summed E-state index contributed by atoms with van der Waals surface area (Å²) < 4.78 is 40.1. The first-order chi connectivity index (χ1) is 8.09. The highest BCUT2D eigenvalue weighted by molar-refractivity contribution is 7.89. The summed E-state index contributed by atoms with van der Waals surface area (Å²) in [7, 11) is -4.07. The maximum atomic E-state index is 13.8. The second kappa shape index (κ2) is 4.83. The van der Waals surface area contributed by atoms with Gasteiger partial charge in [0.15, 0.2) is 0 Å². The third-order valence-corrected chi connectivity index (χ3v) is 4.04. The van der Waals surface area contributed by atoms with Crippen molar-refractivity contribution in [3.8, 4) is 0 Å². The average molecular weight is 276 g/mol. The van der Waals surface area contributed by atoms with Crippen molar-refractivity contribution in [3.05, 3.63) is 23.5 Å². The van der Waals surface area contributed by atoms with E-state index in [1.165, 1.54) is 26.8 Å². The smallest absolute Gasteiger partial charge is 0.244 e. The fraction of sp³-hybridized carbons (Fsp3) is 0.455. The number of aliphatic hydroxyl groups excluding tert-OH is 1. The highest BCUT2D eigenvalue weighted by atomic mass is 32.2. The van der Waals surface area contributed by atoms with E-state index in [4.69, 9.17) is 10.8 Å². The van der Waals surface area contributed by atoms with Gasteiger partial charge in [-0.25, -0.2) is 17.5 Å². The monoisotopic (exact) mass is 276 g/mol. The molecule has 4 N–H and O–H groups in total. The zero-order valence-corrected chi connectivity index (χ0v) is 11.3. The van der Waals surface area contributed by atoms with Gasteiger partial charge in [-0.2, -0.15) is 0 Å². The lowest BCUT2D eigenvalue weighted by molar-refractivity contribution is 0.208. The van der Waals surface area contributed by atoms with E-state index in [1.807, 2.05) is 0 Å². The zero-order valence-electron chi connectivity index (χ0n) is 10.5. The van der Waals surface area contributed by atoms with E-state index in [1.54, 1.807) is 0 Å². The molecule has 0 atom stereocenters. The van der Waals surface area contributed by atoms with Crippen molar-refractivity contribution < 1.29 is 17.9 Å². The Kier molecular flexibility index (Phi) is 3.99. The molecule has 0 spiro atoms. The molecule has 0 aliphatic rings. The number of nitrogen functional groups attached to an aromatic ring is 1. The first kappa shape index (κ1) is 14.9. The summed E-state index contributed by atoms with van der Waals surface area (Å²) in [6.07, 6.45) is 0. The van der Waals surface area contributed by atoms with Gasteiger partial charge in [-0.3, -0.25) is 0 Å². The van der Waals surface area contributed by atoms with Gasteiger partial charge < -0.3 is 10.8 Å². The van der Waals surface area contributed by atoms with Crippen LogP contribution in [0.25, 0.3) is 0 Å². The van der Waals surface area contributed by atoms with Crippen LogP contribution >= 0.6 is 0 Å². The zero-order chi connectivity index (χ0) is 14.1. The maximum Gasteiger partial charge on any atom is 0.244 e. The number of sulfonamides is 1. The third-order valence-electron chi connectivity index (χ3n) is 2.34. The normalized spacial score (nSPS) is 12.7. The third kappa shape index (κ3) is 3.18. The van der Waals surface area contributed by atoms with Crippen molar-refractivity contribution in [1.29, 1.82) is 0 Å². The Labute approximate surface area is 106 Å². The molecule has 0 saturated heterocycles. The molecule has 1 rings (SSSR count). The molecule has 18 heavy (non-hydrogen) atoms. The first-order valence-corrected chi connectivity index (χ1v) is 6.78. The van der Waals surface area contributed by atoms with Gasteiger partial charge in [-0.1, -0.05) is 0 Å². The fourth-order valence-electron chi connectivity index (χ4n) is 1.41. The lowest BCUT2D eigenvalue weighted by atomic mass is 10.1. The number of hydrogen-bond donors (Lipinski definition) is 3. The number of nitrogens with one attached hydrogen (secondary N) is 1. The van der Waals surface area contributed by atoms with Crippen LogP contribution in [0.3, 0.4) is 0 Å². The summed E-state index contributed by atoms with van der Waals surface area (Å²) in [5.41, 5.74) is 4.75. The van der Waals surface area contributed by atoms with Gasteiger partial charge in [-0.05, 0) is 38.5 Å².